The number of aryl methyl sites for hydroxylation is 2. The van der Waals surface area contributed by atoms with Crippen molar-refractivity contribution in [3.05, 3.63) is 64.2 Å². The Labute approximate surface area is 141 Å². The zero-order valence-electron chi connectivity index (χ0n) is 12.9. The zero-order chi connectivity index (χ0) is 15.9. The van der Waals surface area contributed by atoms with Crippen molar-refractivity contribution in [3.63, 3.8) is 0 Å². The molecule has 2 aromatic carbocycles. The third-order valence-corrected chi connectivity index (χ3v) is 4.63. The van der Waals surface area contributed by atoms with Gasteiger partial charge in [0, 0.05) is 22.2 Å². The number of carbonyl (C=O) groups excluding carboxylic acids is 1. The Morgan fingerprint density at radius 3 is 2.59 bits per heavy atom. The van der Waals surface area contributed by atoms with Gasteiger partial charge < -0.3 is 5.32 Å². The van der Waals surface area contributed by atoms with E-state index >= 15 is 0 Å². The molecule has 0 spiro atoms. The van der Waals surface area contributed by atoms with Gasteiger partial charge >= 0.3 is 0 Å². The summed E-state index contributed by atoms with van der Waals surface area (Å²) in [6, 6.07) is 14.0. The van der Waals surface area contributed by atoms with E-state index in [1.54, 1.807) is 11.8 Å². The quantitative estimate of drug-likeness (QED) is 0.626. The van der Waals surface area contributed by atoms with Crippen LogP contribution in [-0.4, -0.2) is 18.2 Å². The topological polar surface area (TPSA) is 29.1 Å². The molecule has 0 aliphatic heterocycles. The standard InChI is InChI=1S/C18H20ClNOS/c1-13-3-4-14(2)15(11-13)12-18(21)20-9-10-22-17-7-5-16(19)6-8-17/h3-8,11H,9-10,12H2,1-2H3,(H,20,21). The molecule has 1 amide bonds. The lowest BCUT2D eigenvalue weighted by Crippen LogP contribution is -2.27. The van der Waals surface area contributed by atoms with E-state index in [1.165, 1.54) is 5.56 Å². The van der Waals surface area contributed by atoms with E-state index in [-0.39, 0.29) is 5.91 Å². The SMILES string of the molecule is Cc1ccc(C)c(CC(=O)NCCSc2ccc(Cl)cc2)c1. The molecule has 0 bridgehead atoms. The van der Waals surface area contributed by atoms with E-state index in [1.807, 2.05) is 38.1 Å². The summed E-state index contributed by atoms with van der Waals surface area (Å²) < 4.78 is 0. The van der Waals surface area contributed by atoms with Crippen LogP contribution in [0.3, 0.4) is 0 Å². The van der Waals surface area contributed by atoms with Crippen molar-refractivity contribution in [3.8, 4) is 0 Å². The average Bonchev–Trinajstić information content (AvgIpc) is 2.49. The first-order chi connectivity index (χ1) is 10.5. The van der Waals surface area contributed by atoms with E-state index in [0.717, 1.165) is 26.8 Å². The van der Waals surface area contributed by atoms with Crippen molar-refractivity contribution in [2.75, 3.05) is 12.3 Å². The monoisotopic (exact) mass is 333 g/mol. The number of nitrogens with one attached hydrogen (secondary N) is 1. The van der Waals surface area contributed by atoms with Gasteiger partial charge in [-0.05, 0) is 49.2 Å². The number of hydrogen-bond acceptors (Lipinski definition) is 2. The second-order valence-electron chi connectivity index (χ2n) is 5.26. The zero-order valence-corrected chi connectivity index (χ0v) is 14.4. The highest BCUT2D eigenvalue weighted by Crippen LogP contribution is 2.19. The van der Waals surface area contributed by atoms with Crippen LogP contribution in [0.1, 0.15) is 16.7 Å². The van der Waals surface area contributed by atoms with Gasteiger partial charge in [0.15, 0.2) is 0 Å². The molecule has 0 fully saturated rings. The van der Waals surface area contributed by atoms with Gasteiger partial charge in [0.1, 0.15) is 0 Å². The largest absolute Gasteiger partial charge is 0.355 e. The van der Waals surface area contributed by atoms with Crippen LogP contribution in [-0.2, 0) is 11.2 Å². The fourth-order valence-electron chi connectivity index (χ4n) is 2.12. The minimum atomic E-state index is 0.0745. The Balaban J connectivity index is 1.74. The third kappa shape index (κ3) is 5.39. The molecule has 0 heterocycles. The van der Waals surface area contributed by atoms with E-state index in [0.29, 0.717) is 13.0 Å². The van der Waals surface area contributed by atoms with Gasteiger partial charge in [-0.2, -0.15) is 0 Å². The minimum Gasteiger partial charge on any atom is -0.355 e. The average molecular weight is 334 g/mol. The van der Waals surface area contributed by atoms with Crippen molar-refractivity contribution in [1.82, 2.24) is 5.32 Å². The van der Waals surface area contributed by atoms with Gasteiger partial charge in [-0.3, -0.25) is 4.79 Å². The highest BCUT2D eigenvalue weighted by Gasteiger charge is 2.06. The maximum atomic E-state index is 12.0. The predicted molar refractivity (Wildman–Crippen MR) is 94.8 cm³/mol. The summed E-state index contributed by atoms with van der Waals surface area (Å²) in [6.07, 6.45) is 0.444. The van der Waals surface area contributed by atoms with E-state index in [2.05, 4.69) is 23.5 Å². The number of benzene rings is 2. The smallest absolute Gasteiger partial charge is 0.224 e. The second-order valence-corrected chi connectivity index (χ2v) is 6.86. The summed E-state index contributed by atoms with van der Waals surface area (Å²) in [4.78, 5) is 13.2. The fraction of sp³-hybridized carbons (Fsp3) is 0.278. The molecule has 0 aliphatic carbocycles. The second kappa shape index (κ2) is 8.25. The van der Waals surface area contributed by atoms with E-state index in [9.17, 15) is 4.79 Å². The summed E-state index contributed by atoms with van der Waals surface area (Å²) in [5.41, 5.74) is 3.45. The molecule has 4 heteroatoms. The van der Waals surface area contributed by atoms with Gasteiger partial charge in [0.2, 0.25) is 5.91 Å². The highest BCUT2D eigenvalue weighted by atomic mass is 35.5. The Kier molecular flexibility index (Phi) is 6.34. The normalized spacial score (nSPS) is 10.5. The fourth-order valence-corrected chi connectivity index (χ4v) is 3.01. The molecule has 0 saturated heterocycles. The molecule has 2 rings (SSSR count). The predicted octanol–water partition coefficient (Wildman–Crippen LogP) is 4.41. The number of thioether (sulfide) groups is 1. The van der Waals surface area contributed by atoms with Crippen molar-refractivity contribution in [1.29, 1.82) is 0 Å². The molecular formula is C18H20ClNOS. The van der Waals surface area contributed by atoms with Gasteiger partial charge in [-0.25, -0.2) is 0 Å². The van der Waals surface area contributed by atoms with Crippen molar-refractivity contribution < 1.29 is 4.79 Å². The summed E-state index contributed by atoms with van der Waals surface area (Å²) >= 11 is 7.56. The van der Waals surface area contributed by atoms with Crippen molar-refractivity contribution in [2.24, 2.45) is 0 Å². The molecule has 2 nitrogen and oxygen atoms in total. The summed E-state index contributed by atoms with van der Waals surface area (Å²) in [5, 5.41) is 3.72. The molecule has 22 heavy (non-hydrogen) atoms. The van der Waals surface area contributed by atoms with Gasteiger partial charge in [-0.1, -0.05) is 35.4 Å². The first kappa shape index (κ1) is 16.9. The van der Waals surface area contributed by atoms with Crippen LogP contribution in [0.5, 0.6) is 0 Å². The number of amides is 1. The molecule has 1 N–H and O–H groups in total. The summed E-state index contributed by atoms with van der Waals surface area (Å²) in [7, 11) is 0. The Morgan fingerprint density at radius 1 is 1.14 bits per heavy atom. The number of carbonyl (C=O) groups is 1. The maximum absolute atomic E-state index is 12.0. The minimum absolute atomic E-state index is 0.0745. The molecule has 0 saturated carbocycles. The Morgan fingerprint density at radius 2 is 1.86 bits per heavy atom. The van der Waals surface area contributed by atoms with Crippen LogP contribution in [0.25, 0.3) is 0 Å². The lowest BCUT2D eigenvalue weighted by atomic mass is 10.0. The van der Waals surface area contributed by atoms with Gasteiger partial charge in [0.05, 0.1) is 6.42 Å². The first-order valence-corrected chi connectivity index (χ1v) is 8.62. The number of halogens is 1. The first-order valence-electron chi connectivity index (χ1n) is 7.26. The molecule has 0 aliphatic rings. The molecule has 0 unspecified atom stereocenters. The number of rotatable bonds is 6. The third-order valence-electron chi connectivity index (χ3n) is 3.36. The van der Waals surface area contributed by atoms with Crippen molar-refractivity contribution >= 4 is 29.3 Å². The Hall–Kier alpha value is -1.45. The van der Waals surface area contributed by atoms with Crippen LogP contribution < -0.4 is 5.32 Å². The summed E-state index contributed by atoms with van der Waals surface area (Å²) in [6.45, 7) is 4.75. The summed E-state index contributed by atoms with van der Waals surface area (Å²) in [5.74, 6) is 0.922. The van der Waals surface area contributed by atoms with Crippen LogP contribution in [0.15, 0.2) is 47.4 Å². The van der Waals surface area contributed by atoms with Crippen LogP contribution in [0, 0.1) is 13.8 Å². The molecule has 0 aromatic heterocycles. The molecular weight excluding hydrogens is 314 g/mol. The van der Waals surface area contributed by atoms with Crippen LogP contribution in [0.2, 0.25) is 5.02 Å². The van der Waals surface area contributed by atoms with E-state index < -0.39 is 0 Å². The van der Waals surface area contributed by atoms with Crippen molar-refractivity contribution in [2.45, 2.75) is 25.2 Å². The maximum Gasteiger partial charge on any atom is 0.224 e. The molecule has 0 radical (unpaired) electrons. The lowest BCUT2D eigenvalue weighted by Gasteiger charge is -2.08. The molecule has 116 valence electrons. The van der Waals surface area contributed by atoms with Crippen LogP contribution in [0.4, 0.5) is 0 Å². The lowest BCUT2D eigenvalue weighted by molar-refractivity contribution is -0.120. The van der Waals surface area contributed by atoms with Gasteiger partial charge in [-0.15, -0.1) is 11.8 Å². The molecule has 2 aromatic rings. The van der Waals surface area contributed by atoms with E-state index in [4.69, 9.17) is 11.6 Å². The number of hydrogen-bond donors (Lipinski definition) is 1. The highest BCUT2D eigenvalue weighted by molar-refractivity contribution is 7.99. The van der Waals surface area contributed by atoms with Gasteiger partial charge in [0.25, 0.3) is 0 Å². The molecule has 0 atom stereocenters. The van der Waals surface area contributed by atoms with Crippen LogP contribution >= 0.6 is 23.4 Å². The Bertz CT molecular complexity index is 640.